The summed E-state index contributed by atoms with van der Waals surface area (Å²) in [7, 11) is -3.23. The number of sulfone groups is 1. The molecule has 1 unspecified atom stereocenters. The number of aliphatic hydroxyl groups excluding tert-OH is 1. The fourth-order valence-electron chi connectivity index (χ4n) is 3.25. The highest BCUT2D eigenvalue weighted by Gasteiger charge is 2.21. The zero-order valence-corrected chi connectivity index (χ0v) is 17.8. The van der Waals surface area contributed by atoms with Crippen LogP contribution in [0.25, 0.3) is 10.9 Å². The van der Waals surface area contributed by atoms with Gasteiger partial charge in [-0.05, 0) is 56.2 Å². The molecular formula is C22H28N2O4S. The van der Waals surface area contributed by atoms with E-state index < -0.39 is 15.9 Å². The number of hydrogen-bond acceptors (Lipinski definition) is 5. The first-order valence-electron chi connectivity index (χ1n) is 9.55. The van der Waals surface area contributed by atoms with Crippen LogP contribution in [0.4, 0.5) is 0 Å². The highest BCUT2D eigenvalue weighted by atomic mass is 32.2. The molecule has 6 nitrogen and oxygen atoms in total. The minimum absolute atomic E-state index is 0.119. The van der Waals surface area contributed by atoms with Crippen molar-refractivity contribution in [1.29, 1.82) is 0 Å². The molecule has 0 saturated carbocycles. The van der Waals surface area contributed by atoms with E-state index in [0.29, 0.717) is 12.3 Å². The number of β-amino-alcohol motifs (C(OH)–C–C–N with tert-alkyl or cyclic N) is 1. The van der Waals surface area contributed by atoms with Crippen LogP contribution in [0.5, 0.6) is 5.75 Å². The second-order valence-corrected chi connectivity index (χ2v) is 10.0. The Morgan fingerprint density at radius 1 is 1.14 bits per heavy atom. The van der Waals surface area contributed by atoms with Crippen molar-refractivity contribution in [2.75, 3.05) is 19.4 Å². The van der Waals surface area contributed by atoms with E-state index in [4.69, 9.17) is 4.74 Å². The summed E-state index contributed by atoms with van der Waals surface area (Å²) in [6, 6.07) is 14.4. The highest BCUT2D eigenvalue weighted by molar-refractivity contribution is 7.90. The van der Waals surface area contributed by atoms with Crippen molar-refractivity contribution in [3.8, 4) is 5.75 Å². The lowest BCUT2D eigenvalue weighted by Gasteiger charge is -2.28. The van der Waals surface area contributed by atoms with E-state index in [2.05, 4.69) is 36.3 Å². The van der Waals surface area contributed by atoms with Crippen molar-refractivity contribution in [3.05, 3.63) is 60.3 Å². The van der Waals surface area contributed by atoms with Crippen molar-refractivity contribution in [1.82, 2.24) is 10.3 Å². The summed E-state index contributed by atoms with van der Waals surface area (Å²) < 4.78 is 28.5. The number of aliphatic hydroxyl groups is 1. The molecule has 0 amide bonds. The van der Waals surface area contributed by atoms with E-state index in [1.165, 1.54) is 23.1 Å². The lowest BCUT2D eigenvalue weighted by molar-refractivity contribution is 0.0988. The van der Waals surface area contributed by atoms with Gasteiger partial charge in [0.15, 0.2) is 9.84 Å². The average molecular weight is 417 g/mol. The van der Waals surface area contributed by atoms with Gasteiger partial charge in [-0.25, -0.2) is 8.42 Å². The molecule has 0 aliphatic carbocycles. The maximum Gasteiger partial charge on any atom is 0.175 e. The van der Waals surface area contributed by atoms with E-state index in [9.17, 15) is 13.5 Å². The second kappa shape index (κ2) is 8.57. The fraction of sp³-hybridized carbons (Fsp3) is 0.364. The second-order valence-electron chi connectivity index (χ2n) is 8.01. The maximum atomic E-state index is 11.5. The maximum absolute atomic E-state index is 11.5. The lowest BCUT2D eigenvalue weighted by atomic mass is 9.94. The topological polar surface area (TPSA) is 91.4 Å². The van der Waals surface area contributed by atoms with Gasteiger partial charge in [0.05, 0.1) is 4.90 Å². The third kappa shape index (κ3) is 5.82. The summed E-state index contributed by atoms with van der Waals surface area (Å²) in [4.78, 5) is 3.53. The van der Waals surface area contributed by atoms with Gasteiger partial charge in [0.2, 0.25) is 0 Å². The quantitative estimate of drug-likeness (QED) is 0.499. The van der Waals surface area contributed by atoms with E-state index in [1.54, 1.807) is 12.1 Å². The number of nitrogens with one attached hydrogen (secondary N) is 2. The summed E-state index contributed by atoms with van der Waals surface area (Å²) in [6.07, 6.45) is 3.33. The van der Waals surface area contributed by atoms with Crippen LogP contribution in [0.2, 0.25) is 0 Å². The van der Waals surface area contributed by atoms with Gasteiger partial charge in [-0.3, -0.25) is 0 Å². The zero-order chi connectivity index (χ0) is 21.1. The molecule has 1 atom stereocenters. The summed E-state index contributed by atoms with van der Waals surface area (Å²) in [5.74, 6) is 0.523. The van der Waals surface area contributed by atoms with Crippen LogP contribution in [0.1, 0.15) is 19.4 Å². The third-order valence-corrected chi connectivity index (χ3v) is 5.95. The smallest absolute Gasteiger partial charge is 0.175 e. The Morgan fingerprint density at radius 2 is 1.83 bits per heavy atom. The van der Waals surface area contributed by atoms with Crippen molar-refractivity contribution < 1.29 is 18.3 Å². The number of aromatic nitrogens is 1. The number of H-pyrrole nitrogens is 1. The number of rotatable bonds is 9. The molecular weight excluding hydrogens is 388 g/mol. The molecule has 2 aromatic carbocycles. The SMILES string of the molecule is CC(C)(Cc1c[nH]c2ccccc12)NCC(O)COc1ccc(S(C)(=O)=O)cc1. The molecule has 0 aliphatic rings. The zero-order valence-electron chi connectivity index (χ0n) is 17.0. The van der Waals surface area contributed by atoms with Gasteiger partial charge >= 0.3 is 0 Å². The molecule has 1 aromatic heterocycles. The van der Waals surface area contributed by atoms with Crippen LogP contribution in [0, 0.1) is 0 Å². The Morgan fingerprint density at radius 3 is 2.52 bits per heavy atom. The number of para-hydroxylation sites is 1. The lowest BCUT2D eigenvalue weighted by Crippen LogP contribution is -2.46. The summed E-state index contributed by atoms with van der Waals surface area (Å²) in [6.45, 7) is 4.71. The molecule has 3 N–H and O–H groups in total. The molecule has 3 aromatic rings. The first-order chi connectivity index (χ1) is 13.6. The van der Waals surface area contributed by atoms with Gasteiger partial charge in [0, 0.05) is 35.4 Å². The number of hydrogen-bond donors (Lipinski definition) is 3. The molecule has 0 aliphatic heterocycles. The number of aromatic amines is 1. The first kappa shape index (κ1) is 21.4. The van der Waals surface area contributed by atoms with E-state index >= 15 is 0 Å². The molecule has 1 heterocycles. The van der Waals surface area contributed by atoms with E-state index in [0.717, 1.165) is 18.2 Å². The molecule has 0 bridgehead atoms. The Labute approximate surface area is 171 Å². The molecule has 3 rings (SSSR count). The van der Waals surface area contributed by atoms with Crippen LogP contribution in [0.3, 0.4) is 0 Å². The average Bonchev–Trinajstić information content (AvgIpc) is 3.07. The summed E-state index contributed by atoms with van der Waals surface area (Å²) in [5.41, 5.74) is 2.15. The van der Waals surface area contributed by atoms with Gasteiger partial charge in [-0.15, -0.1) is 0 Å². The van der Waals surface area contributed by atoms with Gasteiger partial charge in [-0.1, -0.05) is 18.2 Å². The monoisotopic (exact) mass is 416 g/mol. The van der Waals surface area contributed by atoms with Crippen LogP contribution in [0.15, 0.2) is 59.6 Å². The Balaban J connectivity index is 1.49. The minimum atomic E-state index is -3.23. The van der Waals surface area contributed by atoms with Crippen LogP contribution in [-0.4, -0.2) is 49.6 Å². The van der Waals surface area contributed by atoms with Crippen molar-refractivity contribution in [3.63, 3.8) is 0 Å². The molecule has 0 radical (unpaired) electrons. The molecule has 0 saturated heterocycles. The Kier molecular flexibility index (Phi) is 6.31. The fourth-order valence-corrected chi connectivity index (χ4v) is 3.88. The number of benzene rings is 2. The van der Waals surface area contributed by atoms with Crippen LogP contribution >= 0.6 is 0 Å². The van der Waals surface area contributed by atoms with Crippen LogP contribution < -0.4 is 10.1 Å². The standard InChI is InChI=1S/C22H28N2O4S/c1-22(2,12-16-13-23-21-7-5-4-6-20(16)21)24-14-17(25)15-28-18-8-10-19(11-9-18)29(3,26)27/h4-11,13,17,23-25H,12,14-15H2,1-3H3. The predicted octanol–water partition coefficient (Wildman–Crippen LogP) is 2.92. The number of ether oxygens (including phenoxy) is 1. The highest BCUT2D eigenvalue weighted by Crippen LogP contribution is 2.22. The largest absolute Gasteiger partial charge is 0.491 e. The predicted molar refractivity (Wildman–Crippen MR) is 115 cm³/mol. The third-order valence-electron chi connectivity index (χ3n) is 4.82. The normalized spacial score (nSPS) is 13.5. The van der Waals surface area contributed by atoms with Gasteiger partial charge in [-0.2, -0.15) is 0 Å². The molecule has 0 spiro atoms. The Bertz CT molecular complexity index is 1060. The number of fused-ring (bicyclic) bond motifs is 1. The van der Waals surface area contributed by atoms with E-state index in [-0.39, 0.29) is 17.0 Å². The molecule has 29 heavy (non-hydrogen) atoms. The first-order valence-corrected chi connectivity index (χ1v) is 11.4. The summed E-state index contributed by atoms with van der Waals surface area (Å²) >= 11 is 0. The van der Waals surface area contributed by atoms with Crippen molar-refractivity contribution >= 4 is 20.7 Å². The molecule has 7 heteroatoms. The molecule has 156 valence electrons. The van der Waals surface area contributed by atoms with E-state index in [1.807, 2.05) is 18.3 Å². The van der Waals surface area contributed by atoms with Gasteiger partial charge < -0.3 is 20.1 Å². The van der Waals surface area contributed by atoms with Gasteiger partial charge in [0.25, 0.3) is 0 Å². The van der Waals surface area contributed by atoms with Gasteiger partial charge in [0.1, 0.15) is 18.5 Å². The van der Waals surface area contributed by atoms with Crippen LogP contribution in [-0.2, 0) is 16.3 Å². The summed E-state index contributed by atoms with van der Waals surface area (Å²) in [5, 5.41) is 14.9. The van der Waals surface area contributed by atoms with Crippen molar-refractivity contribution in [2.24, 2.45) is 0 Å². The Hall–Kier alpha value is -2.35. The van der Waals surface area contributed by atoms with Crippen molar-refractivity contribution in [2.45, 2.75) is 36.8 Å². The minimum Gasteiger partial charge on any atom is -0.491 e. The molecule has 0 fully saturated rings.